The number of hydrogen-bond donors (Lipinski definition) is 7. The van der Waals surface area contributed by atoms with E-state index in [9.17, 15) is 35.7 Å². The van der Waals surface area contributed by atoms with Crippen LogP contribution in [0, 0.1) is 5.92 Å². The molecule has 2 fully saturated rings. The second-order valence-electron chi connectivity index (χ2n) is 10.1. The van der Waals surface area contributed by atoms with Gasteiger partial charge in [-0.25, -0.2) is 0 Å². The topological polar surface area (TPSA) is 163 Å². The average molecular weight is 463 g/mol. The molecule has 3 heterocycles. The molecule has 5 aliphatic rings. The summed E-state index contributed by atoms with van der Waals surface area (Å²) in [6.07, 6.45) is -6.22. The average Bonchev–Trinajstić information content (AvgIpc) is 3.15. The molecule has 2 saturated heterocycles. The number of nitrogens with zero attached hydrogens (tertiary/aromatic N) is 1. The van der Waals surface area contributed by atoms with Gasteiger partial charge in [-0.3, -0.25) is 0 Å². The fourth-order valence-corrected chi connectivity index (χ4v) is 6.94. The Morgan fingerprint density at radius 3 is 2.61 bits per heavy atom. The molecule has 2 bridgehead atoms. The van der Waals surface area contributed by atoms with E-state index in [0.29, 0.717) is 24.2 Å². The van der Waals surface area contributed by atoms with Crippen LogP contribution in [0.1, 0.15) is 29.2 Å². The Labute approximate surface area is 189 Å². The molecule has 0 radical (unpaired) electrons. The smallest absolute Gasteiger partial charge is 0.184 e. The highest BCUT2D eigenvalue weighted by atomic mass is 16.6. The van der Waals surface area contributed by atoms with Gasteiger partial charge in [-0.1, -0.05) is 12.2 Å². The molecule has 1 aromatic rings. The molecule has 3 aliphatic heterocycles. The summed E-state index contributed by atoms with van der Waals surface area (Å²) in [5, 5.41) is 73.3. The predicted octanol–water partition coefficient (Wildman–Crippen LogP) is -1.97. The Morgan fingerprint density at radius 2 is 1.85 bits per heavy atom. The Balaban J connectivity index is 1.51. The van der Waals surface area contributed by atoms with Gasteiger partial charge in [0.2, 0.25) is 0 Å². The van der Waals surface area contributed by atoms with Crippen LogP contribution in [0.4, 0.5) is 0 Å². The maximum atomic E-state index is 11.3. The molecule has 10 nitrogen and oxygen atoms in total. The van der Waals surface area contributed by atoms with Gasteiger partial charge in [-0.05, 0) is 43.6 Å². The second kappa shape index (κ2) is 7.12. The van der Waals surface area contributed by atoms with Crippen LogP contribution >= 0.6 is 0 Å². The van der Waals surface area contributed by atoms with Crippen molar-refractivity contribution >= 4 is 0 Å². The first kappa shape index (κ1) is 21.8. The van der Waals surface area contributed by atoms with Crippen LogP contribution in [0.5, 0.6) is 11.5 Å². The SMILES string of the molecule is CN1CC[C@]23c4c5c(C(O)[C@H]6O[C@@H](O)[C@H](O)[C@@H](O)[C@@H]6O)cc(O)c4O[C@H]2[C@@H](O)C=C[C@H]3[C@H]1C5. The summed E-state index contributed by atoms with van der Waals surface area (Å²) in [4.78, 5) is 2.24. The third-order valence-electron chi connectivity index (χ3n) is 8.57. The van der Waals surface area contributed by atoms with E-state index in [-0.39, 0.29) is 17.7 Å². The molecule has 180 valence electrons. The van der Waals surface area contributed by atoms with Crippen molar-refractivity contribution in [3.8, 4) is 11.5 Å². The van der Waals surface area contributed by atoms with Gasteiger partial charge in [0.1, 0.15) is 42.7 Å². The van der Waals surface area contributed by atoms with Crippen LogP contribution in [0.25, 0.3) is 0 Å². The summed E-state index contributed by atoms with van der Waals surface area (Å²) in [7, 11) is 2.03. The zero-order valence-electron chi connectivity index (χ0n) is 18.0. The van der Waals surface area contributed by atoms with Gasteiger partial charge in [0.15, 0.2) is 17.8 Å². The van der Waals surface area contributed by atoms with Gasteiger partial charge in [0.05, 0.1) is 0 Å². The number of aliphatic hydroxyl groups is 6. The maximum Gasteiger partial charge on any atom is 0.184 e. The maximum absolute atomic E-state index is 11.3. The number of aromatic hydroxyl groups is 1. The highest BCUT2D eigenvalue weighted by Gasteiger charge is 2.65. The van der Waals surface area contributed by atoms with Crippen molar-refractivity contribution in [1.82, 2.24) is 4.90 Å². The van der Waals surface area contributed by atoms with Crippen LogP contribution in [0.2, 0.25) is 0 Å². The minimum absolute atomic E-state index is 0.0560. The molecule has 6 rings (SSSR count). The molecule has 10 heteroatoms. The lowest BCUT2D eigenvalue weighted by molar-refractivity contribution is -0.297. The zero-order chi connectivity index (χ0) is 23.4. The largest absolute Gasteiger partial charge is 0.504 e. The molecular formula is C23H29NO9. The van der Waals surface area contributed by atoms with E-state index < -0.39 is 54.4 Å². The lowest BCUT2D eigenvalue weighted by Gasteiger charge is -2.56. The monoisotopic (exact) mass is 463 g/mol. The molecule has 0 amide bonds. The van der Waals surface area contributed by atoms with E-state index >= 15 is 0 Å². The lowest BCUT2D eigenvalue weighted by Crippen LogP contribution is -2.65. The van der Waals surface area contributed by atoms with Gasteiger partial charge >= 0.3 is 0 Å². The Morgan fingerprint density at radius 1 is 1.09 bits per heavy atom. The van der Waals surface area contributed by atoms with Crippen LogP contribution in [-0.2, 0) is 16.6 Å². The van der Waals surface area contributed by atoms with Crippen molar-refractivity contribution < 1.29 is 45.2 Å². The van der Waals surface area contributed by atoms with E-state index in [0.717, 1.165) is 17.7 Å². The molecule has 1 unspecified atom stereocenters. The molecule has 1 spiro atoms. The van der Waals surface area contributed by atoms with E-state index in [1.807, 2.05) is 13.1 Å². The van der Waals surface area contributed by atoms with Crippen LogP contribution in [0.3, 0.4) is 0 Å². The van der Waals surface area contributed by atoms with Crippen LogP contribution in [0.15, 0.2) is 18.2 Å². The third-order valence-corrected chi connectivity index (χ3v) is 8.57. The summed E-state index contributed by atoms with van der Waals surface area (Å²) < 4.78 is 11.4. The fourth-order valence-electron chi connectivity index (χ4n) is 6.94. The van der Waals surface area contributed by atoms with E-state index in [1.54, 1.807) is 6.08 Å². The molecule has 0 aromatic heterocycles. The van der Waals surface area contributed by atoms with Crippen molar-refractivity contribution in [1.29, 1.82) is 0 Å². The number of ether oxygens (including phenoxy) is 2. The first-order valence-corrected chi connectivity index (χ1v) is 11.3. The summed E-state index contributed by atoms with van der Waals surface area (Å²) in [5.74, 6) is 0.171. The highest BCUT2D eigenvalue weighted by molar-refractivity contribution is 5.64. The van der Waals surface area contributed by atoms with Gasteiger partial charge in [0, 0.05) is 22.9 Å². The second-order valence-corrected chi connectivity index (χ2v) is 10.1. The van der Waals surface area contributed by atoms with Gasteiger partial charge in [-0.2, -0.15) is 0 Å². The van der Waals surface area contributed by atoms with Gasteiger partial charge in [0.25, 0.3) is 0 Å². The minimum atomic E-state index is -1.79. The lowest BCUT2D eigenvalue weighted by atomic mass is 9.53. The number of likely N-dealkylation sites (tertiary alicyclic amines) is 1. The molecule has 0 saturated carbocycles. The van der Waals surface area contributed by atoms with Crippen molar-refractivity contribution in [3.05, 3.63) is 34.9 Å². The number of rotatable bonds is 2. The molecule has 1 aromatic carbocycles. The number of benzene rings is 1. The number of piperidine rings is 1. The van der Waals surface area contributed by atoms with Crippen molar-refractivity contribution in [3.63, 3.8) is 0 Å². The summed E-state index contributed by atoms with van der Waals surface area (Å²) in [6.45, 7) is 0.786. The van der Waals surface area contributed by atoms with E-state index in [1.165, 1.54) is 6.07 Å². The van der Waals surface area contributed by atoms with Crippen LogP contribution < -0.4 is 4.74 Å². The molecule has 11 atom stereocenters. The zero-order valence-corrected chi connectivity index (χ0v) is 18.0. The summed E-state index contributed by atoms with van der Waals surface area (Å²) in [6, 6.07) is 1.43. The first-order chi connectivity index (χ1) is 15.7. The van der Waals surface area contributed by atoms with Gasteiger partial charge in [-0.15, -0.1) is 0 Å². The molecule has 2 aliphatic carbocycles. The molecular weight excluding hydrogens is 434 g/mol. The number of likely N-dealkylation sites (N-methyl/N-ethyl adjacent to an activating group) is 1. The quantitative estimate of drug-likeness (QED) is 0.245. The standard InChI is InChI=1S/C23H29NO9/c1-24-5-4-23-10-2-3-12(25)21(23)32-19-13(26)7-9(8(14(19)23)6-11(10)24)15(27)20-17(29)16(28)18(30)22(31)33-20/h2-3,7,10-12,15-18,20-22,25-31H,4-6H2,1H3/t10-,11+,12-,15?,16-,17-,18+,20+,21-,22+,23-/m0/s1. The summed E-state index contributed by atoms with van der Waals surface area (Å²) >= 11 is 0. The van der Waals surface area contributed by atoms with Crippen molar-refractivity contribution in [2.75, 3.05) is 13.6 Å². The minimum Gasteiger partial charge on any atom is -0.504 e. The third kappa shape index (κ3) is 2.66. The van der Waals surface area contributed by atoms with Crippen molar-refractivity contribution in [2.45, 2.75) is 73.3 Å². The van der Waals surface area contributed by atoms with Gasteiger partial charge < -0.3 is 50.1 Å². The van der Waals surface area contributed by atoms with E-state index in [4.69, 9.17) is 9.47 Å². The Bertz CT molecular complexity index is 1020. The predicted molar refractivity (Wildman–Crippen MR) is 111 cm³/mol. The van der Waals surface area contributed by atoms with Crippen molar-refractivity contribution in [2.24, 2.45) is 5.92 Å². The molecule has 33 heavy (non-hydrogen) atoms. The Kier molecular flexibility index (Phi) is 4.70. The Hall–Kier alpha value is -1.76. The van der Waals surface area contributed by atoms with Crippen LogP contribution in [-0.4, -0.2) is 103 Å². The number of hydrogen-bond acceptors (Lipinski definition) is 10. The van der Waals surface area contributed by atoms with E-state index in [2.05, 4.69) is 4.90 Å². The normalized spacial score (nSPS) is 46.6. The number of phenolic OH excluding ortho intramolecular Hbond substituents is 1. The number of aliphatic hydroxyl groups excluding tert-OH is 6. The fraction of sp³-hybridized carbons (Fsp3) is 0.652. The molecule has 7 N–H and O–H groups in total. The first-order valence-electron chi connectivity index (χ1n) is 11.3. The summed E-state index contributed by atoms with van der Waals surface area (Å²) in [5.41, 5.74) is 1.25. The number of phenols is 1. The highest BCUT2D eigenvalue weighted by Crippen LogP contribution is 2.63.